The van der Waals surface area contributed by atoms with Crippen molar-refractivity contribution < 1.29 is 9.53 Å². The molecule has 0 unspecified atom stereocenters. The molecule has 28 heavy (non-hydrogen) atoms. The molecule has 5 nitrogen and oxygen atoms in total. The van der Waals surface area contributed by atoms with Gasteiger partial charge in [0.2, 0.25) is 5.91 Å². The number of ether oxygens (including phenoxy) is 1. The molecule has 0 radical (unpaired) electrons. The zero-order valence-corrected chi connectivity index (χ0v) is 18.1. The first-order chi connectivity index (χ1) is 13.6. The maximum atomic E-state index is 11.6. The van der Waals surface area contributed by atoms with Crippen LogP contribution in [-0.4, -0.2) is 63.3 Å². The highest BCUT2D eigenvalue weighted by Gasteiger charge is 2.24. The van der Waals surface area contributed by atoms with Gasteiger partial charge in [-0.2, -0.15) is 0 Å². The number of hydrogen-bond donors (Lipinski definition) is 1. The third-order valence-electron chi connectivity index (χ3n) is 5.99. The highest BCUT2D eigenvalue weighted by atomic mass is 35.5. The fourth-order valence-corrected chi connectivity index (χ4v) is 4.73. The van der Waals surface area contributed by atoms with Crippen molar-refractivity contribution in [3.05, 3.63) is 28.2 Å². The van der Waals surface area contributed by atoms with Crippen LogP contribution in [0.1, 0.15) is 32.1 Å². The van der Waals surface area contributed by atoms with E-state index in [4.69, 9.17) is 27.9 Å². The number of amides is 1. The third-order valence-corrected chi connectivity index (χ3v) is 6.79. The van der Waals surface area contributed by atoms with Crippen LogP contribution in [0.5, 0.6) is 0 Å². The maximum absolute atomic E-state index is 11.6. The number of rotatable bonds is 7. The molecular formula is C21H31Cl2N3O2. The molecule has 0 bridgehead atoms. The fourth-order valence-electron chi connectivity index (χ4n) is 4.31. The number of carbonyl (C=O) groups is 1. The van der Waals surface area contributed by atoms with Gasteiger partial charge in [-0.25, -0.2) is 0 Å². The molecule has 3 rings (SSSR count). The Hall–Kier alpha value is -1.01. The van der Waals surface area contributed by atoms with E-state index >= 15 is 0 Å². The lowest BCUT2D eigenvalue weighted by Crippen LogP contribution is -2.47. The zero-order chi connectivity index (χ0) is 19.9. The van der Waals surface area contributed by atoms with E-state index in [9.17, 15) is 4.79 Å². The van der Waals surface area contributed by atoms with Crippen molar-refractivity contribution in [1.29, 1.82) is 0 Å². The van der Waals surface area contributed by atoms with E-state index in [1.165, 1.54) is 19.3 Å². The molecule has 0 atom stereocenters. The fraction of sp³-hybridized carbons (Fsp3) is 0.667. The molecule has 1 saturated heterocycles. The van der Waals surface area contributed by atoms with Crippen molar-refractivity contribution in [2.45, 2.75) is 38.1 Å². The molecular weight excluding hydrogens is 397 g/mol. The van der Waals surface area contributed by atoms with E-state index in [0.717, 1.165) is 57.2 Å². The van der Waals surface area contributed by atoms with Crippen LogP contribution in [0.4, 0.5) is 5.69 Å². The molecule has 2 fully saturated rings. The Morgan fingerprint density at radius 3 is 2.54 bits per heavy atom. The van der Waals surface area contributed by atoms with Crippen LogP contribution in [0.3, 0.4) is 0 Å². The normalized spacial score (nSPS) is 23.6. The van der Waals surface area contributed by atoms with E-state index in [-0.39, 0.29) is 12.5 Å². The van der Waals surface area contributed by atoms with E-state index < -0.39 is 0 Å². The summed E-state index contributed by atoms with van der Waals surface area (Å²) in [6.07, 6.45) is 5.82. The first kappa shape index (κ1) is 21.7. The second-order valence-electron chi connectivity index (χ2n) is 7.91. The summed E-state index contributed by atoms with van der Waals surface area (Å²) in [5.74, 6) is 0.777. The molecule has 0 aromatic heterocycles. The smallest absolute Gasteiger partial charge is 0.246 e. The summed E-state index contributed by atoms with van der Waals surface area (Å²) in [7, 11) is 1.56. The molecule has 1 aliphatic carbocycles. The number of benzene rings is 1. The number of carbonyl (C=O) groups excluding carboxylic acids is 1. The minimum Gasteiger partial charge on any atom is -0.375 e. The summed E-state index contributed by atoms with van der Waals surface area (Å²) in [5.41, 5.74) is 1.04. The Balaban J connectivity index is 1.35. The summed E-state index contributed by atoms with van der Waals surface area (Å²) in [5, 5.41) is 4.35. The van der Waals surface area contributed by atoms with Gasteiger partial charge in [-0.3, -0.25) is 9.69 Å². The lowest BCUT2D eigenvalue weighted by Gasteiger charge is -2.37. The number of nitrogens with zero attached hydrogens (tertiary/aromatic N) is 2. The van der Waals surface area contributed by atoms with Crippen molar-refractivity contribution in [3.8, 4) is 0 Å². The van der Waals surface area contributed by atoms with E-state index in [2.05, 4.69) is 15.1 Å². The average Bonchev–Trinajstić information content (AvgIpc) is 2.70. The molecule has 1 aromatic rings. The number of nitrogens with one attached hydrogen (secondary N) is 1. The largest absolute Gasteiger partial charge is 0.375 e. The van der Waals surface area contributed by atoms with Crippen LogP contribution in [0, 0.1) is 5.92 Å². The maximum Gasteiger partial charge on any atom is 0.246 e. The highest BCUT2D eigenvalue weighted by molar-refractivity contribution is 6.43. The Morgan fingerprint density at radius 1 is 1.14 bits per heavy atom. The van der Waals surface area contributed by atoms with Gasteiger partial charge in [-0.1, -0.05) is 29.3 Å². The highest BCUT2D eigenvalue weighted by Crippen LogP contribution is 2.33. The van der Waals surface area contributed by atoms with Gasteiger partial charge in [-0.05, 0) is 56.7 Å². The Kier molecular flexibility index (Phi) is 8.27. The van der Waals surface area contributed by atoms with Crippen molar-refractivity contribution in [2.24, 2.45) is 5.92 Å². The van der Waals surface area contributed by atoms with Crippen LogP contribution >= 0.6 is 23.2 Å². The van der Waals surface area contributed by atoms with Gasteiger partial charge in [0.15, 0.2) is 0 Å². The standard InChI is InChI=1S/C21H31Cl2N3O2/c1-28-15-20(27)24-17-7-5-16(6-8-17)9-10-25-11-13-26(14-12-25)19-4-2-3-18(22)21(19)23/h2-4,16-17H,5-15H2,1H3,(H,24,27)/t16-,17-. The molecule has 1 aliphatic heterocycles. The number of hydrogen-bond acceptors (Lipinski definition) is 4. The van der Waals surface area contributed by atoms with Crippen LogP contribution < -0.4 is 10.2 Å². The molecule has 1 N–H and O–H groups in total. The van der Waals surface area contributed by atoms with Crippen LogP contribution in [-0.2, 0) is 9.53 Å². The van der Waals surface area contributed by atoms with Gasteiger partial charge in [0.05, 0.1) is 15.7 Å². The molecule has 1 aromatic carbocycles. The minimum atomic E-state index is 0.00336. The van der Waals surface area contributed by atoms with Gasteiger partial charge in [0.1, 0.15) is 6.61 Å². The number of halogens is 2. The monoisotopic (exact) mass is 427 g/mol. The minimum absolute atomic E-state index is 0.00336. The van der Waals surface area contributed by atoms with Gasteiger partial charge >= 0.3 is 0 Å². The Labute approximate surface area is 178 Å². The summed E-state index contributed by atoms with van der Waals surface area (Å²) in [4.78, 5) is 16.5. The average molecular weight is 428 g/mol. The van der Waals surface area contributed by atoms with E-state index in [0.29, 0.717) is 16.1 Å². The van der Waals surface area contributed by atoms with Gasteiger partial charge < -0.3 is 15.0 Å². The van der Waals surface area contributed by atoms with Gasteiger partial charge in [0.25, 0.3) is 0 Å². The molecule has 1 saturated carbocycles. The van der Waals surface area contributed by atoms with Crippen LogP contribution in [0.2, 0.25) is 10.0 Å². The second kappa shape index (κ2) is 10.7. The molecule has 1 amide bonds. The van der Waals surface area contributed by atoms with Crippen LogP contribution in [0.25, 0.3) is 0 Å². The number of piperazine rings is 1. The first-order valence-electron chi connectivity index (χ1n) is 10.3. The Bertz CT molecular complexity index is 643. The van der Waals surface area contributed by atoms with E-state index in [1.807, 2.05) is 18.2 Å². The molecule has 0 spiro atoms. The number of anilines is 1. The van der Waals surface area contributed by atoms with Crippen molar-refractivity contribution in [1.82, 2.24) is 10.2 Å². The Morgan fingerprint density at radius 2 is 1.86 bits per heavy atom. The van der Waals surface area contributed by atoms with E-state index in [1.54, 1.807) is 7.11 Å². The first-order valence-corrected chi connectivity index (χ1v) is 11.0. The summed E-state index contributed by atoms with van der Waals surface area (Å²) in [6.45, 7) is 5.40. The predicted octanol–water partition coefficient (Wildman–Crippen LogP) is 3.83. The van der Waals surface area contributed by atoms with Crippen molar-refractivity contribution in [3.63, 3.8) is 0 Å². The van der Waals surface area contributed by atoms with Crippen molar-refractivity contribution in [2.75, 3.05) is 51.3 Å². The van der Waals surface area contributed by atoms with Gasteiger partial charge in [0, 0.05) is 39.3 Å². The number of methoxy groups -OCH3 is 1. The topological polar surface area (TPSA) is 44.8 Å². The SMILES string of the molecule is COCC(=O)N[C@H]1CC[C@H](CCN2CCN(c3cccc(Cl)c3Cl)CC2)CC1. The van der Waals surface area contributed by atoms with Gasteiger partial charge in [-0.15, -0.1) is 0 Å². The molecule has 7 heteroatoms. The molecule has 1 heterocycles. The lowest BCUT2D eigenvalue weighted by molar-refractivity contribution is -0.125. The summed E-state index contributed by atoms with van der Waals surface area (Å²) in [6, 6.07) is 6.17. The quantitative estimate of drug-likeness (QED) is 0.717. The molecule has 2 aliphatic rings. The van der Waals surface area contributed by atoms with Crippen LogP contribution in [0.15, 0.2) is 18.2 Å². The third kappa shape index (κ3) is 5.99. The second-order valence-corrected chi connectivity index (χ2v) is 8.69. The lowest BCUT2D eigenvalue weighted by atomic mass is 9.84. The summed E-state index contributed by atoms with van der Waals surface area (Å²) < 4.78 is 4.89. The molecule has 156 valence electrons. The van der Waals surface area contributed by atoms with Crippen molar-refractivity contribution >= 4 is 34.8 Å². The zero-order valence-electron chi connectivity index (χ0n) is 16.6. The summed E-state index contributed by atoms with van der Waals surface area (Å²) >= 11 is 12.5. The predicted molar refractivity (Wildman–Crippen MR) is 115 cm³/mol.